The summed E-state index contributed by atoms with van der Waals surface area (Å²) in [6.07, 6.45) is 2.20. The van der Waals surface area contributed by atoms with Gasteiger partial charge in [0.05, 0.1) is 19.1 Å². The summed E-state index contributed by atoms with van der Waals surface area (Å²) >= 11 is 1.84. The molecule has 2 aliphatic rings. The molecule has 1 spiro atoms. The Bertz CT molecular complexity index is 1030. The van der Waals surface area contributed by atoms with Crippen LogP contribution in [0.2, 0.25) is 0 Å². The SMILES string of the molecule is CN(C)C(=O)[C@H](CN1CCC2(CC1)OCCc1ccsc12)Cn1cccn1.O=C(O)[C@H](O)[C@@H](O)C(=O)O. The van der Waals surface area contributed by atoms with Crippen molar-refractivity contribution in [2.45, 2.75) is 43.6 Å². The number of carboxylic acids is 2. The van der Waals surface area contributed by atoms with Crippen LogP contribution >= 0.6 is 11.3 Å². The summed E-state index contributed by atoms with van der Waals surface area (Å²) in [5.74, 6) is -3.46. The predicted molar refractivity (Wildman–Crippen MR) is 133 cm³/mol. The van der Waals surface area contributed by atoms with Crippen molar-refractivity contribution in [3.63, 3.8) is 0 Å². The van der Waals surface area contributed by atoms with Gasteiger partial charge in [-0.05, 0) is 42.3 Å². The van der Waals surface area contributed by atoms with E-state index in [-0.39, 0.29) is 17.4 Å². The molecule has 0 aromatic carbocycles. The zero-order valence-corrected chi connectivity index (χ0v) is 21.7. The Morgan fingerprint density at radius 1 is 1.14 bits per heavy atom. The summed E-state index contributed by atoms with van der Waals surface area (Å²) in [4.78, 5) is 37.8. The van der Waals surface area contributed by atoms with E-state index in [0.717, 1.165) is 45.5 Å². The Morgan fingerprint density at radius 2 is 1.78 bits per heavy atom. The van der Waals surface area contributed by atoms with Crippen LogP contribution in [0.1, 0.15) is 23.3 Å². The Kier molecular flexibility index (Phi) is 9.79. The van der Waals surface area contributed by atoms with Gasteiger partial charge in [0, 0.05) is 51.0 Å². The van der Waals surface area contributed by atoms with E-state index in [1.165, 1.54) is 10.4 Å². The lowest BCUT2D eigenvalue weighted by atomic mass is 9.85. The molecule has 0 bridgehead atoms. The highest BCUT2D eigenvalue weighted by Crippen LogP contribution is 2.44. The molecule has 1 saturated heterocycles. The van der Waals surface area contributed by atoms with Crippen LogP contribution in [0, 0.1) is 5.92 Å². The Labute approximate surface area is 218 Å². The fraction of sp³-hybridized carbons (Fsp3) is 0.583. The minimum absolute atomic E-state index is 0.0847. The van der Waals surface area contributed by atoms with E-state index in [4.69, 9.17) is 25.2 Å². The molecular formula is C24H34N4O8S. The highest BCUT2D eigenvalue weighted by Gasteiger charge is 2.42. The van der Waals surface area contributed by atoms with Gasteiger partial charge in [-0.1, -0.05) is 0 Å². The molecule has 2 aromatic rings. The topological polar surface area (TPSA) is 166 Å². The number of aliphatic carboxylic acids is 2. The van der Waals surface area contributed by atoms with Crippen LogP contribution in [0.15, 0.2) is 29.9 Å². The Morgan fingerprint density at radius 3 is 2.32 bits per heavy atom. The van der Waals surface area contributed by atoms with Gasteiger partial charge in [0.1, 0.15) is 5.60 Å². The molecule has 204 valence electrons. The first-order valence-electron chi connectivity index (χ1n) is 12.0. The van der Waals surface area contributed by atoms with E-state index in [1.54, 1.807) is 11.1 Å². The molecule has 13 heteroatoms. The van der Waals surface area contributed by atoms with Crippen LogP contribution in [0.25, 0.3) is 0 Å². The number of nitrogens with zero attached hydrogens (tertiary/aromatic N) is 4. The maximum atomic E-state index is 12.7. The number of hydrogen-bond acceptors (Lipinski definition) is 9. The highest BCUT2D eigenvalue weighted by atomic mass is 32.1. The van der Waals surface area contributed by atoms with E-state index in [2.05, 4.69) is 21.4 Å². The van der Waals surface area contributed by atoms with Crippen LogP contribution in [0.4, 0.5) is 0 Å². The third-order valence-corrected chi connectivity index (χ3v) is 7.76. The molecule has 0 saturated carbocycles. The second-order valence-corrected chi connectivity index (χ2v) is 10.3. The van der Waals surface area contributed by atoms with Crippen LogP contribution in [0.3, 0.4) is 0 Å². The number of ether oxygens (including phenoxy) is 1. The zero-order chi connectivity index (χ0) is 27.2. The first-order valence-corrected chi connectivity index (χ1v) is 12.9. The minimum atomic E-state index is -2.27. The van der Waals surface area contributed by atoms with Gasteiger partial charge in [0.25, 0.3) is 0 Å². The molecule has 0 aliphatic carbocycles. The van der Waals surface area contributed by atoms with Gasteiger partial charge in [0.2, 0.25) is 5.91 Å². The van der Waals surface area contributed by atoms with Gasteiger partial charge in [-0.3, -0.25) is 9.48 Å². The van der Waals surface area contributed by atoms with Crippen molar-refractivity contribution in [2.75, 3.05) is 40.3 Å². The number of fused-ring (bicyclic) bond motifs is 2. The molecule has 37 heavy (non-hydrogen) atoms. The normalized spacial score (nSPS) is 19.1. The molecule has 2 aromatic heterocycles. The van der Waals surface area contributed by atoms with Crippen LogP contribution in [-0.2, 0) is 37.7 Å². The van der Waals surface area contributed by atoms with Crippen molar-refractivity contribution in [2.24, 2.45) is 5.92 Å². The molecule has 1 amide bonds. The zero-order valence-electron chi connectivity index (χ0n) is 20.9. The summed E-state index contributed by atoms with van der Waals surface area (Å²) in [6, 6.07) is 4.16. The summed E-state index contributed by atoms with van der Waals surface area (Å²) in [5, 5.41) is 39.0. The number of thiophene rings is 1. The number of aromatic nitrogens is 2. The van der Waals surface area contributed by atoms with Crippen molar-refractivity contribution in [1.82, 2.24) is 19.6 Å². The molecule has 1 fully saturated rings. The first-order chi connectivity index (χ1) is 17.5. The Hall–Kier alpha value is -2.84. The van der Waals surface area contributed by atoms with Crippen molar-refractivity contribution < 1.29 is 39.5 Å². The van der Waals surface area contributed by atoms with Crippen molar-refractivity contribution in [1.29, 1.82) is 0 Å². The van der Waals surface area contributed by atoms with Gasteiger partial charge in [0.15, 0.2) is 12.2 Å². The van der Waals surface area contributed by atoms with Gasteiger partial charge >= 0.3 is 11.9 Å². The van der Waals surface area contributed by atoms with Gasteiger partial charge in [-0.2, -0.15) is 5.10 Å². The molecule has 12 nitrogen and oxygen atoms in total. The number of aliphatic hydroxyl groups is 2. The number of piperidine rings is 1. The fourth-order valence-corrected chi connectivity index (χ4v) is 5.79. The standard InChI is InChI=1S/C20H28N4O2S.C4H6O6/c1-22(2)19(25)17(15-24-9-3-8-21-24)14-23-10-6-20(7-11-23)18-16(4-12-26-20)5-13-27-18;5-1(3(7)8)2(6)4(9)10/h3,5,8-9,13,17H,4,6-7,10-12,14-15H2,1-2H3;1-2,5-6H,(H,7,8)(H,9,10)/t17-;1-,2-/m11/s1. The summed E-state index contributed by atoms with van der Waals surface area (Å²) < 4.78 is 8.17. The largest absolute Gasteiger partial charge is 0.479 e. The number of aliphatic hydroxyl groups excluding tert-OH is 2. The van der Waals surface area contributed by atoms with Gasteiger partial charge in [-0.25, -0.2) is 9.59 Å². The van der Waals surface area contributed by atoms with E-state index in [9.17, 15) is 14.4 Å². The first kappa shape index (κ1) is 28.7. The van der Waals surface area contributed by atoms with Crippen LogP contribution in [0.5, 0.6) is 0 Å². The summed E-state index contributed by atoms with van der Waals surface area (Å²) in [7, 11) is 3.66. The van der Waals surface area contributed by atoms with E-state index in [1.807, 2.05) is 42.4 Å². The quantitative estimate of drug-likeness (QED) is 0.362. The Balaban J connectivity index is 0.000000325. The average Bonchev–Trinajstić information content (AvgIpc) is 3.57. The second kappa shape index (κ2) is 12.6. The maximum Gasteiger partial charge on any atom is 0.335 e. The number of carbonyl (C=O) groups is 3. The maximum absolute atomic E-state index is 12.7. The molecule has 0 unspecified atom stereocenters. The summed E-state index contributed by atoms with van der Waals surface area (Å²) in [5.41, 5.74) is 1.38. The van der Waals surface area contributed by atoms with Crippen LogP contribution < -0.4 is 0 Å². The molecule has 2 aliphatic heterocycles. The molecule has 4 heterocycles. The van der Waals surface area contributed by atoms with Crippen molar-refractivity contribution in [3.8, 4) is 0 Å². The lowest BCUT2D eigenvalue weighted by molar-refractivity contribution is -0.165. The highest BCUT2D eigenvalue weighted by molar-refractivity contribution is 7.10. The number of hydrogen-bond donors (Lipinski definition) is 4. The van der Waals surface area contributed by atoms with Crippen LogP contribution in [-0.4, -0.2) is 110 Å². The van der Waals surface area contributed by atoms with E-state index < -0.39 is 24.1 Å². The fourth-order valence-electron chi connectivity index (χ4n) is 4.62. The van der Waals surface area contributed by atoms with Gasteiger partial charge < -0.3 is 35.0 Å². The molecular weight excluding hydrogens is 504 g/mol. The van der Waals surface area contributed by atoms with E-state index in [0.29, 0.717) is 6.54 Å². The smallest absolute Gasteiger partial charge is 0.335 e. The monoisotopic (exact) mass is 538 g/mol. The van der Waals surface area contributed by atoms with E-state index >= 15 is 0 Å². The number of carboxylic acid groups (broad SMARTS) is 2. The van der Waals surface area contributed by atoms with Crippen molar-refractivity contribution in [3.05, 3.63) is 40.3 Å². The number of likely N-dealkylation sites (tertiary alicyclic amines) is 1. The lowest BCUT2D eigenvalue weighted by Crippen LogP contribution is -2.49. The van der Waals surface area contributed by atoms with Crippen molar-refractivity contribution >= 4 is 29.2 Å². The number of amides is 1. The third-order valence-electron chi connectivity index (χ3n) is 6.61. The minimum Gasteiger partial charge on any atom is -0.479 e. The number of carbonyl (C=O) groups excluding carboxylic acids is 1. The predicted octanol–water partition coefficient (Wildman–Crippen LogP) is 0.0904. The molecule has 4 N–H and O–H groups in total. The average molecular weight is 539 g/mol. The van der Waals surface area contributed by atoms with Gasteiger partial charge in [-0.15, -0.1) is 11.3 Å². The molecule has 4 rings (SSSR count). The number of rotatable bonds is 8. The third kappa shape index (κ3) is 7.14. The second-order valence-electron chi connectivity index (χ2n) is 9.39. The molecule has 0 radical (unpaired) electrons. The molecule has 3 atom stereocenters. The lowest BCUT2D eigenvalue weighted by Gasteiger charge is -2.44. The summed E-state index contributed by atoms with van der Waals surface area (Å²) in [6.45, 7) is 4.15.